The summed E-state index contributed by atoms with van der Waals surface area (Å²) in [6.07, 6.45) is 6.85. The Bertz CT molecular complexity index is 466. The van der Waals surface area contributed by atoms with Gasteiger partial charge in [-0.05, 0) is 12.0 Å². The molecule has 0 saturated heterocycles. The van der Waals surface area contributed by atoms with E-state index in [1.165, 1.54) is 0 Å². The monoisotopic (exact) mass is 212 g/mol. The third-order valence-electron chi connectivity index (χ3n) is 2.58. The number of nitrogens with zero attached hydrogens (tertiary/aromatic N) is 2. The summed E-state index contributed by atoms with van der Waals surface area (Å²) in [5.74, 6) is 1.04. The molecule has 2 heteroatoms. The van der Waals surface area contributed by atoms with Crippen molar-refractivity contribution >= 4 is 6.08 Å². The summed E-state index contributed by atoms with van der Waals surface area (Å²) >= 11 is 0. The van der Waals surface area contributed by atoms with E-state index in [0.717, 1.165) is 29.9 Å². The first kappa shape index (κ1) is 10.7. The van der Waals surface area contributed by atoms with Gasteiger partial charge in [0.1, 0.15) is 5.82 Å². The zero-order valence-electron chi connectivity index (χ0n) is 9.56. The van der Waals surface area contributed by atoms with Crippen molar-refractivity contribution in [1.29, 1.82) is 0 Å². The topological polar surface area (TPSA) is 17.8 Å². The van der Waals surface area contributed by atoms with Crippen LogP contribution in [0.3, 0.4) is 0 Å². The maximum atomic E-state index is 4.40. The Morgan fingerprint density at radius 1 is 1.31 bits per heavy atom. The van der Waals surface area contributed by atoms with Gasteiger partial charge in [-0.3, -0.25) is 0 Å². The van der Waals surface area contributed by atoms with Gasteiger partial charge in [0.05, 0.1) is 0 Å². The number of hydrogen-bond acceptors (Lipinski definition) is 1. The van der Waals surface area contributed by atoms with Gasteiger partial charge in [-0.1, -0.05) is 43.8 Å². The van der Waals surface area contributed by atoms with Crippen LogP contribution in [0.15, 0.2) is 43.2 Å². The predicted octanol–water partition coefficient (Wildman–Crippen LogP) is 3.60. The van der Waals surface area contributed by atoms with Crippen LogP contribution < -0.4 is 0 Å². The van der Waals surface area contributed by atoms with Gasteiger partial charge in [-0.25, -0.2) is 4.98 Å². The Morgan fingerprint density at radius 2 is 2.06 bits per heavy atom. The molecule has 0 spiro atoms. The molecule has 0 radical (unpaired) electrons. The van der Waals surface area contributed by atoms with Gasteiger partial charge in [-0.15, -0.1) is 0 Å². The maximum Gasteiger partial charge on any atom is 0.139 e. The Morgan fingerprint density at radius 3 is 2.69 bits per heavy atom. The van der Waals surface area contributed by atoms with E-state index in [1.807, 2.05) is 18.5 Å². The lowest BCUT2D eigenvalue weighted by atomic mass is 10.1. The van der Waals surface area contributed by atoms with E-state index in [4.69, 9.17) is 0 Å². The number of aryl methyl sites for hydroxylation is 1. The lowest BCUT2D eigenvalue weighted by molar-refractivity contribution is 0.685. The maximum absolute atomic E-state index is 4.40. The van der Waals surface area contributed by atoms with Gasteiger partial charge in [-0.2, -0.15) is 0 Å². The molecule has 0 aliphatic heterocycles. The number of imidazole rings is 1. The molecule has 0 amide bonds. The first-order valence-corrected chi connectivity index (χ1v) is 5.59. The van der Waals surface area contributed by atoms with E-state index in [-0.39, 0.29) is 0 Å². The second-order valence-corrected chi connectivity index (χ2v) is 3.77. The van der Waals surface area contributed by atoms with Gasteiger partial charge >= 0.3 is 0 Å². The molecule has 0 aliphatic carbocycles. The van der Waals surface area contributed by atoms with Crippen molar-refractivity contribution in [2.45, 2.75) is 19.9 Å². The van der Waals surface area contributed by atoms with Crippen molar-refractivity contribution in [3.63, 3.8) is 0 Å². The Labute approximate surface area is 96.3 Å². The van der Waals surface area contributed by atoms with Crippen molar-refractivity contribution < 1.29 is 0 Å². The molecule has 82 valence electrons. The fraction of sp³-hybridized carbons (Fsp3) is 0.214. The smallest absolute Gasteiger partial charge is 0.139 e. The van der Waals surface area contributed by atoms with Gasteiger partial charge in [0.15, 0.2) is 0 Å². The van der Waals surface area contributed by atoms with Crippen molar-refractivity contribution in [3.05, 3.63) is 48.8 Å². The molecule has 0 bridgehead atoms. The quantitative estimate of drug-likeness (QED) is 0.757. The molecule has 2 rings (SSSR count). The fourth-order valence-electron chi connectivity index (χ4n) is 1.76. The van der Waals surface area contributed by atoms with E-state index in [9.17, 15) is 0 Å². The minimum absolute atomic E-state index is 1.01. The van der Waals surface area contributed by atoms with E-state index >= 15 is 0 Å². The molecular formula is C14H16N2. The number of benzene rings is 1. The lowest BCUT2D eigenvalue weighted by Gasteiger charge is -2.06. The standard InChI is InChI=1S/C14H16N2/c1-3-10-16-11-9-15-14(16)13-7-5-12(4-2)6-8-13/h4-9,11H,2-3,10H2,1H3. The van der Waals surface area contributed by atoms with Crippen LogP contribution >= 0.6 is 0 Å². The highest BCUT2D eigenvalue weighted by atomic mass is 15.1. The summed E-state index contributed by atoms with van der Waals surface area (Å²) in [6.45, 7) is 6.93. The summed E-state index contributed by atoms with van der Waals surface area (Å²) in [4.78, 5) is 4.40. The van der Waals surface area contributed by atoms with Gasteiger partial charge in [0, 0.05) is 24.5 Å². The summed E-state index contributed by atoms with van der Waals surface area (Å²) in [5.41, 5.74) is 2.29. The predicted molar refractivity (Wildman–Crippen MR) is 68.0 cm³/mol. The minimum Gasteiger partial charge on any atom is -0.331 e. The van der Waals surface area contributed by atoms with E-state index in [0.29, 0.717) is 0 Å². The molecule has 0 fully saturated rings. The fourth-order valence-corrected chi connectivity index (χ4v) is 1.76. The third-order valence-corrected chi connectivity index (χ3v) is 2.58. The highest BCUT2D eigenvalue weighted by Crippen LogP contribution is 2.18. The highest BCUT2D eigenvalue weighted by Gasteiger charge is 2.04. The molecule has 1 aromatic heterocycles. The first-order chi connectivity index (χ1) is 7.85. The summed E-state index contributed by atoms with van der Waals surface area (Å²) < 4.78 is 2.18. The van der Waals surface area contributed by atoms with E-state index in [2.05, 4.69) is 47.3 Å². The van der Waals surface area contributed by atoms with Crippen molar-refractivity contribution in [2.24, 2.45) is 0 Å². The number of hydrogen-bond donors (Lipinski definition) is 0. The number of aromatic nitrogens is 2. The molecule has 0 atom stereocenters. The highest BCUT2D eigenvalue weighted by molar-refractivity contribution is 5.59. The van der Waals surface area contributed by atoms with Gasteiger partial charge < -0.3 is 4.57 Å². The summed E-state index contributed by atoms with van der Waals surface area (Å²) in [7, 11) is 0. The van der Waals surface area contributed by atoms with Crippen molar-refractivity contribution in [3.8, 4) is 11.4 Å². The van der Waals surface area contributed by atoms with Crippen LogP contribution in [-0.4, -0.2) is 9.55 Å². The molecular weight excluding hydrogens is 196 g/mol. The second-order valence-electron chi connectivity index (χ2n) is 3.77. The van der Waals surface area contributed by atoms with Crippen LogP contribution in [0.1, 0.15) is 18.9 Å². The molecule has 2 nitrogen and oxygen atoms in total. The van der Waals surface area contributed by atoms with Crippen LogP contribution in [0.4, 0.5) is 0 Å². The summed E-state index contributed by atoms with van der Waals surface area (Å²) in [6, 6.07) is 8.30. The van der Waals surface area contributed by atoms with Crippen LogP contribution in [0, 0.1) is 0 Å². The third kappa shape index (κ3) is 2.06. The van der Waals surface area contributed by atoms with Crippen LogP contribution in [0.25, 0.3) is 17.5 Å². The van der Waals surface area contributed by atoms with Gasteiger partial charge in [0.25, 0.3) is 0 Å². The second kappa shape index (κ2) is 4.79. The average molecular weight is 212 g/mol. The van der Waals surface area contributed by atoms with Crippen molar-refractivity contribution in [2.75, 3.05) is 0 Å². The Balaban J connectivity index is 2.34. The van der Waals surface area contributed by atoms with Gasteiger partial charge in [0.2, 0.25) is 0 Å². The molecule has 0 unspecified atom stereocenters. The average Bonchev–Trinajstić information content (AvgIpc) is 2.78. The molecule has 1 aromatic carbocycles. The molecule has 0 aliphatic rings. The number of rotatable bonds is 4. The Kier molecular flexibility index (Phi) is 3.20. The van der Waals surface area contributed by atoms with E-state index in [1.54, 1.807) is 0 Å². The normalized spacial score (nSPS) is 10.3. The molecule has 1 heterocycles. The lowest BCUT2D eigenvalue weighted by Crippen LogP contribution is -1.98. The van der Waals surface area contributed by atoms with Crippen molar-refractivity contribution in [1.82, 2.24) is 9.55 Å². The molecule has 0 N–H and O–H groups in total. The zero-order valence-corrected chi connectivity index (χ0v) is 9.56. The summed E-state index contributed by atoms with van der Waals surface area (Å²) in [5, 5.41) is 0. The largest absolute Gasteiger partial charge is 0.331 e. The van der Waals surface area contributed by atoms with Crippen LogP contribution in [-0.2, 0) is 6.54 Å². The van der Waals surface area contributed by atoms with E-state index < -0.39 is 0 Å². The van der Waals surface area contributed by atoms with Crippen LogP contribution in [0.2, 0.25) is 0 Å². The SMILES string of the molecule is C=Cc1ccc(-c2nccn2CCC)cc1. The zero-order chi connectivity index (χ0) is 11.4. The molecule has 16 heavy (non-hydrogen) atoms. The minimum atomic E-state index is 1.01. The van der Waals surface area contributed by atoms with Crippen LogP contribution in [0.5, 0.6) is 0 Å². The molecule has 2 aromatic rings. The molecule has 0 saturated carbocycles. The Hall–Kier alpha value is -1.83. The first-order valence-electron chi connectivity index (χ1n) is 5.59.